The van der Waals surface area contributed by atoms with E-state index in [1.165, 1.54) is 0 Å². The van der Waals surface area contributed by atoms with Crippen LogP contribution in [0.1, 0.15) is 32.6 Å². The molecule has 1 heterocycles. The van der Waals surface area contributed by atoms with Crippen molar-refractivity contribution in [1.82, 2.24) is 10.2 Å². The Morgan fingerprint density at radius 1 is 1.24 bits per heavy atom. The zero-order chi connectivity index (χ0) is 15.5. The van der Waals surface area contributed by atoms with Gasteiger partial charge in [0.15, 0.2) is 6.10 Å². The van der Waals surface area contributed by atoms with E-state index in [-0.39, 0.29) is 11.6 Å². The molecule has 0 aromatic heterocycles. The molecule has 2 atom stereocenters. The highest BCUT2D eigenvalue weighted by Crippen LogP contribution is 2.38. The van der Waals surface area contributed by atoms with Crippen molar-refractivity contribution in [2.75, 3.05) is 32.8 Å². The lowest BCUT2D eigenvalue weighted by Gasteiger charge is -2.47. The van der Waals surface area contributed by atoms with Crippen molar-refractivity contribution in [3.8, 4) is 0 Å². The summed E-state index contributed by atoms with van der Waals surface area (Å²) in [5, 5.41) is 12.1. The van der Waals surface area contributed by atoms with Crippen LogP contribution in [0.25, 0.3) is 0 Å². The molecule has 2 N–H and O–H groups in total. The molecule has 1 saturated carbocycles. The Morgan fingerprint density at radius 3 is 2.33 bits per heavy atom. The van der Waals surface area contributed by atoms with Gasteiger partial charge in [-0.25, -0.2) is 0 Å². The second-order valence-electron chi connectivity index (χ2n) is 6.10. The smallest absolute Gasteiger partial charge is 0.382 e. The average molecular weight is 310 g/mol. The summed E-state index contributed by atoms with van der Waals surface area (Å²) in [6.45, 7) is 4.50. The first-order valence-electron chi connectivity index (χ1n) is 7.67. The molecule has 0 aromatic rings. The van der Waals surface area contributed by atoms with Crippen LogP contribution in [0.2, 0.25) is 0 Å². The summed E-state index contributed by atoms with van der Waals surface area (Å²) in [7, 11) is 0. The third kappa shape index (κ3) is 3.88. The maximum absolute atomic E-state index is 12.4. The van der Waals surface area contributed by atoms with E-state index in [9.17, 15) is 13.2 Å². The van der Waals surface area contributed by atoms with Crippen LogP contribution in [-0.4, -0.2) is 66.7 Å². The van der Waals surface area contributed by atoms with Crippen LogP contribution < -0.4 is 5.32 Å². The van der Waals surface area contributed by atoms with Crippen LogP contribution in [-0.2, 0) is 4.74 Å². The number of hydrogen-bond donors (Lipinski definition) is 2. The van der Waals surface area contributed by atoms with E-state index in [1.54, 1.807) is 0 Å². The van der Waals surface area contributed by atoms with Crippen molar-refractivity contribution in [3.63, 3.8) is 0 Å². The van der Waals surface area contributed by atoms with E-state index >= 15 is 0 Å². The van der Waals surface area contributed by atoms with E-state index in [0.717, 1.165) is 38.8 Å². The van der Waals surface area contributed by atoms with Crippen molar-refractivity contribution < 1.29 is 23.0 Å². The van der Waals surface area contributed by atoms with Gasteiger partial charge in [0.05, 0.1) is 13.2 Å². The molecule has 2 aliphatic rings. The molecule has 0 unspecified atom stereocenters. The van der Waals surface area contributed by atoms with Gasteiger partial charge in [-0.2, -0.15) is 13.2 Å². The van der Waals surface area contributed by atoms with Gasteiger partial charge in [0.2, 0.25) is 0 Å². The van der Waals surface area contributed by atoms with Gasteiger partial charge in [-0.1, -0.05) is 12.8 Å². The minimum atomic E-state index is -4.56. The molecular formula is C14H25F3N2O2. The Kier molecular flexibility index (Phi) is 5.51. The number of morpholine rings is 1. The maximum Gasteiger partial charge on any atom is 0.415 e. The van der Waals surface area contributed by atoms with Crippen LogP contribution in [0, 0.1) is 0 Å². The predicted octanol–water partition coefficient (Wildman–Crippen LogP) is 1.53. The second-order valence-corrected chi connectivity index (χ2v) is 6.10. The lowest BCUT2D eigenvalue weighted by Crippen LogP contribution is -2.62. The maximum atomic E-state index is 12.4. The van der Waals surface area contributed by atoms with Crippen molar-refractivity contribution in [1.29, 1.82) is 0 Å². The first-order valence-corrected chi connectivity index (χ1v) is 7.67. The minimum Gasteiger partial charge on any atom is -0.382 e. The predicted molar refractivity (Wildman–Crippen MR) is 73.1 cm³/mol. The molecule has 7 heteroatoms. The summed E-state index contributed by atoms with van der Waals surface area (Å²) in [5.74, 6) is 0. The molecule has 0 spiro atoms. The summed E-state index contributed by atoms with van der Waals surface area (Å²) in [5.41, 5.74) is -0.102. The van der Waals surface area contributed by atoms with Crippen molar-refractivity contribution >= 4 is 0 Å². The summed E-state index contributed by atoms with van der Waals surface area (Å²) >= 11 is 0. The monoisotopic (exact) mass is 310 g/mol. The van der Waals surface area contributed by atoms with Crippen LogP contribution in [0.5, 0.6) is 0 Å². The summed E-state index contributed by atoms with van der Waals surface area (Å²) in [6.07, 6.45) is -2.68. The molecule has 1 aliphatic heterocycles. The van der Waals surface area contributed by atoms with E-state index in [4.69, 9.17) is 9.84 Å². The van der Waals surface area contributed by atoms with Crippen molar-refractivity contribution in [2.45, 2.75) is 56.5 Å². The highest BCUT2D eigenvalue weighted by atomic mass is 19.4. The minimum absolute atomic E-state index is 0.0879. The number of nitrogens with one attached hydrogen (secondary N) is 1. The van der Waals surface area contributed by atoms with E-state index < -0.39 is 18.8 Å². The Balaban J connectivity index is 1.97. The third-order valence-electron chi connectivity index (χ3n) is 4.91. The summed E-state index contributed by atoms with van der Waals surface area (Å²) in [6, 6.07) is -0.0879. The van der Waals surface area contributed by atoms with Crippen molar-refractivity contribution in [3.05, 3.63) is 0 Å². The number of aliphatic hydroxyl groups is 1. The SMILES string of the molecule is C[C@H](NC[C@H](O)C(F)(F)F)C1(N2CCOCC2)CCCC1. The molecule has 21 heavy (non-hydrogen) atoms. The fourth-order valence-electron chi connectivity index (χ4n) is 3.61. The van der Waals surface area contributed by atoms with Gasteiger partial charge in [-0.15, -0.1) is 0 Å². The fourth-order valence-corrected chi connectivity index (χ4v) is 3.61. The number of rotatable bonds is 5. The zero-order valence-corrected chi connectivity index (χ0v) is 12.5. The molecule has 124 valence electrons. The molecule has 0 aromatic carbocycles. The Labute approximate surface area is 123 Å². The quantitative estimate of drug-likeness (QED) is 0.808. The van der Waals surface area contributed by atoms with Crippen molar-refractivity contribution in [2.24, 2.45) is 0 Å². The van der Waals surface area contributed by atoms with Gasteiger partial charge >= 0.3 is 6.18 Å². The Bertz CT molecular complexity index is 327. The third-order valence-corrected chi connectivity index (χ3v) is 4.91. The molecule has 4 nitrogen and oxygen atoms in total. The zero-order valence-electron chi connectivity index (χ0n) is 12.5. The highest BCUT2D eigenvalue weighted by Gasteiger charge is 2.45. The average Bonchev–Trinajstić information content (AvgIpc) is 2.95. The van der Waals surface area contributed by atoms with E-state index in [2.05, 4.69) is 10.2 Å². The summed E-state index contributed by atoms with van der Waals surface area (Å²) in [4.78, 5) is 2.36. The molecule has 1 aliphatic carbocycles. The number of alkyl halides is 3. The topological polar surface area (TPSA) is 44.7 Å². The lowest BCUT2D eigenvalue weighted by atomic mass is 9.86. The van der Waals surface area contributed by atoms with E-state index in [1.807, 2.05) is 6.92 Å². The lowest BCUT2D eigenvalue weighted by molar-refractivity contribution is -0.202. The fraction of sp³-hybridized carbons (Fsp3) is 1.00. The molecular weight excluding hydrogens is 285 g/mol. The molecule has 0 amide bonds. The van der Waals surface area contributed by atoms with Gasteiger partial charge in [-0.05, 0) is 19.8 Å². The number of ether oxygens (including phenoxy) is 1. The van der Waals surface area contributed by atoms with Gasteiger partial charge in [0.25, 0.3) is 0 Å². The largest absolute Gasteiger partial charge is 0.415 e. The molecule has 1 saturated heterocycles. The highest BCUT2D eigenvalue weighted by molar-refractivity contribution is 5.02. The second kappa shape index (κ2) is 6.81. The number of halogens is 3. The number of nitrogens with zero attached hydrogens (tertiary/aromatic N) is 1. The van der Waals surface area contributed by atoms with Crippen LogP contribution in [0.4, 0.5) is 13.2 Å². The molecule has 0 bridgehead atoms. The first kappa shape index (κ1) is 17.0. The van der Waals surface area contributed by atoms with Crippen LogP contribution in [0.3, 0.4) is 0 Å². The van der Waals surface area contributed by atoms with Crippen LogP contribution >= 0.6 is 0 Å². The summed E-state index contributed by atoms with van der Waals surface area (Å²) < 4.78 is 42.6. The number of aliphatic hydroxyl groups excluding tert-OH is 1. The number of hydrogen-bond acceptors (Lipinski definition) is 4. The molecule has 0 radical (unpaired) electrons. The van der Waals surface area contributed by atoms with Gasteiger partial charge < -0.3 is 15.2 Å². The molecule has 2 fully saturated rings. The standard InChI is InChI=1S/C14H25F3N2O2/c1-11(18-10-12(20)14(15,16)17)13(4-2-3-5-13)19-6-8-21-9-7-19/h11-12,18,20H,2-10H2,1H3/t11-,12-/m0/s1. The van der Waals surface area contributed by atoms with Gasteiger partial charge in [-0.3, -0.25) is 4.90 Å². The Morgan fingerprint density at radius 2 is 1.81 bits per heavy atom. The van der Waals surface area contributed by atoms with Crippen LogP contribution in [0.15, 0.2) is 0 Å². The van der Waals surface area contributed by atoms with Gasteiger partial charge in [0, 0.05) is 31.2 Å². The molecule has 2 rings (SSSR count). The first-order chi connectivity index (χ1) is 9.86. The normalized spacial score (nSPS) is 26.7. The van der Waals surface area contributed by atoms with Gasteiger partial charge in [0.1, 0.15) is 0 Å². The Hall–Kier alpha value is -0.370. The van der Waals surface area contributed by atoms with E-state index in [0.29, 0.717) is 13.2 Å².